The van der Waals surface area contributed by atoms with E-state index in [1.54, 1.807) is 0 Å². The van der Waals surface area contributed by atoms with Crippen LogP contribution >= 0.6 is 0 Å². The lowest BCUT2D eigenvalue weighted by molar-refractivity contribution is -0.332. The normalized spacial score (nSPS) is 26.7. The molecule has 7 N–H and O–H groups in total. The van der Waals surface area contributed by atoms with Gasteiger partial charge in [-0.15, -0.1) is 0 Å². The Bertz CT molecular complexity index is 1380. The molecule has 380 valence electrons. The number of carbonyl (C=O) groups is 2. The summed E-state index contributed by atoms with van der Waals surface area (Å²) in [6.07, 6.45) is 25.3. The van der Waals surface area contributed by atoms with E-state index < -0.39 is 99.3 Å². The molecular weight excluding hydrogens is 853 g/mol. The van der Waals surface area contributed by atoms with Crippen molar-refractivity contribution in [2.75, 3.05) is 26.4 Å². The molecule has 0 aliphatic carbocycles. The fourth-order valence-corrected chi connectivity index (χ4v) is 7.38. The Morgan fingerprint density at radius 2 is 0.955 bits per heavy atom. The highest BCUT2D eigenvalue weighted by Gasteiger charge is 2.47. The Labute approximate surface area is 394 Å². The van der Waals surface area contributed by atoms with Gasteiger partial charge in [-0.25, -0.2) is 0 Å². The molecular formula is C51H86O15. The first kappa shape index (κ1) is 59.3. The number of rotatable bonds is 37. The SMILES string of the molecule is CC/C=C\C/C=C\C/C=C/CCCCCCCC(=O)OC[C@H](CO[C@@H]1O[C@H](CO[C@@H]2O[C@H](CO)[C@H](O)[C@H](O)[C@H]2O)[C@H](O)[C@H](O)[C@H]1O)OC(=O)CCCCCCC/C=C\C/C=C\CCCCC. The average Bonchev–Trinajstić information content (AvgIpc) is 3.31. The molecule has 2 saturated heterocycles. The van der Waals surface area contributed by atoms with Crippen molar-refractivity contribution in [2.45, 2.75) is 223 Å². The summed E-state index contributed by atoms with van der Waals surface area (Å²) >= 11 is 0. The van der Waals surface area contributed by atoms with Gasteiger partial charge in [0.15, 0.2) is 18.7 Å². The molecule has 2 aliphatic rings. The van der Waals surface area contributed by atoms with Crippen molar-refractivity contribution in [2.24, 2.45) is 0 Å². The van der Waals surface area contributed by atoms with Gasteiger partial charge in [-0.05, 0) is 77.0 Å². The van der Waals surface area contributed by atoms with Gasteiger partial charge in [-0.1, -0.05) is 126 Å². The third kappa shape index (κ3) is 26.1. The number of aliphatic hydroxyl groups is 7. The number of hydrogen-bond acceptors (Lipinski definition) is 15. The van der Waals surface area contributed by atoms with Crippen LogP contribution < -0.4 is 0 Å². The molecule has 0 saturated carbocycles. The summed E-state index contributed by atoms with van der Waals surface area (Å²) in [5.74, 6) is -0.966. The van der Waals surface area contributed by atoms with E-state index in [2.05, 4.69) is 74.6 Å². The second-order valence-electron chi connectivity index (χ2n) is 17.3. The zero-order chi connectivity index (χ0) is 48.2. The number of carbonyl (C=O) groups excluding carboxylic acids is 2. The summed E-state index contributed by atoms with van der Waals surface area (Å²) in [5, 5.41) is 72.0. The van der Waals surface area contributed by atoms with E-state index in [9.17, 15) is 45.3 Å². The topological polar surface area (TPSA) is 231 Å². The van der Waals surface area contributed by atoms with Gasteiger partial charge in [0.05, 0.1) is 19.8 Å². The van der Waals surface area contributed by atoms with Gasteiger partial charge in [0.2, 0.25) is 0 Å². The number of allylic oxidation sites excluding steroid dienone is 10. The van der Waals surface area contributed by atoms with Crippen molar-refractivity contribution in [3.05, 3.63) is 60.8 Å². The van der Waals surface area contributed by atoms with Crippen LogP contribution in [0.25, 0.3) is 0 Å². The lowest BCUT2D eigenvalue weighted by Gasteiger charge is -2.42. The zero-order valence-corrected chi connectivity index (χ0v) is 39.9. The van der Waals surface area contributed by atoms with E-state index in [4.69, 9.17) is 28.4 Å². The predicted molar refractivity (Wildman–Crippen MR) is 252 cm³/mol. The monoisotopic (exact) mass is 939 g/mol. The Morgan fingerprint density at radius 3 is 1.50 bits per heavy atom. The third-order valence-corrected chi connectivity index (χ3v) is 11.5. The van der Waals surface area contributed by atoms with E-state index in [0.717, 1.165) is 96.3 Å². The van der Waals surface area contributed by atoms with Crippen LogP contribution in [0.5, 0.6) is 0 Å². The Morgan fingerprint density at radius 1 is 0.500 bits per heavy atom. The molecule has 0 spiro atoms. The van der Waals surface area contributed by atoms with Gasteiger partial charge in [0, 0.05) is 12.8 Å². The first-order chi connectivity index (χ1) is 32.0. The molecule has 2 heterocycles. The van der Waals surface area contributed by atoms with Gasteiger partial charge in [0.1, 0.15) is 55.4 Å². The summed E-state index contributed by atoms with van der Waals surface area (Å²) in [6.45, 7) is 2.40. The molecule has 2 aliphatic heterocycles. The molecule has 0 unspecified atom stereocenters. The van der Waals surface area contributed by atoms with E-state index in [0.29, 0.717) is 12.8 Å². The molecule has 2 rings (SSSR count). The Kier molecular flexibility index (Phi) is 34.2. The first-order valence-electron chi connectivity index (χ1n) is 24.9. The average molecular weight is 939 g/mol. The predicted octanol–water partition coefficient (Wildman–Crippen LogP) is 6.49. The van der Waals surface area contributed by atoms with E-state index in [-0.39, 0.29) is 19.4 Å². The molecule has 15 heteroatoms. The smallest absolute Gasteiger partial charge is 0.306 e. The van der Waals surface area contributed by atoms with E-state index >= 15 is 0 Å². The third-order valence-electron chi connectivity index (χ3n) is 11.5. The van der Waals surface area contributed by atoms with Gasteiger partial charge >= 0.3 is 11.9 Å². The number of unbranched alkanes of at least 4 members (excludes halogenated alkanes) is 13. The maximum atomic E-state index is 13.0. The van der Waals surface area contributed by atoms with E-state index in [1.807, 2.05) is 0 Å². The van der Waals surface area contributed by atoms with E-state index in [1.165, 1.54) is 19.3 Å². The van der Waals surface area contributed by atoms with Crippen LogP contribution in [0.2, 0.25) is 0 Å². The Balaban J connectivity index is 1.84. The molecule has 0 aromatic carbocycles. The molecule has 11 atom stereocenters. The summed E-state index contributed by atoms with van der Waals surface area (Å²) in [6, 6.07) is 0. The molecule has 0 amide bonds. The molecule has 2 fully saturated rings. The minimum Gasteiger partial charge on any atom is -0.462 e. The van der Waals surface area contributed by atoms with Gasteiger partial charge in [-0.3, -0.25) is 9.59 Å². The second-order valence-corrected chi connectivity index (χ2v) is 17.3. The molecule has 15 nitrogen and oxygen atoms in total. The number of esters is 2. The second kappa shape index (κ2) is 38.1. The fourth-order valence-electron chi connectivity index (χ4n) is 7.38. The van der Waals surface area contributed by atoms with Gasteiger partial charge < -0.3 is 64.2 Å². The minimum atomic E-state index is -1.77. The summed E-state index contributed by atoms with van der Waals surface area (Å²) in [7, 11) is 0. The lowest BCUT2D eigenvalue weighted by Crippen LogP contribution is -2.61. The van der Waals surface area contributed by atoms with Crippen molar-refractivity contribution in [3.63, 3.8) is 0 Å². The number of ether oxygens (including phenoxy) is 6. The highest BCUT2D eigenvalue weighted by atomic mass is 16.7. The van der Waals surface area contributed by atoms with Crippen LogP contribution in [0.15, 0.2) is 60.8 Å². The maximum absolute atomic E-state index is 13.0. The van der Waals surface area contributed by atoms with Crippen LogP contribution in [0, 0.1) is 0 Å². The highest BCUT2D eigenvalue weighted by Crippen LogP contribution is 2.26. The van der Waals surface area contributed by atoms with Crippen molar-refractivity contribution in [1.29, 1.82) is 0 Å². The lowest BCUT2D eigenvalue weighted by atomic mass is 9.98. The van der Waals surface area contributed by atoms with Crippen LogP contribution in [0.1, 0.15) is 155 Å². The maximum Gasteiger partial charge on any atom is 0.306 e. The fraction of sp³-hybridized carbons (Fsp3) is 0.765. The number of aliphatic hydroxyl groups excluding tert-OH is 7. The van der Waals surface area contributed by atoms with Crippen molar-refractivity contribution in [1.82, 2.24) is 0 Å². The summed E-state index contributed by atoms with van der Waals surface area (Å²) in [5.41, 5.74) is 0. The quantitative estimate of drug-likeness (QED) is 0.0201. The van der Waals surface area contributed by atoms with Crippen LogP contribution in [0.4, 0.5) is 0 Å². The first-order valence-corrected chi connectivity index (χ1v) is 24.9. The number of hydrogen-bond donors (Lipinski definition) is 7. The molecule has 0 aromatic heterocycles. The van der Waals surface area contributed by atoms with Crippen molar-refractivity contribution in [3.8, 4) is 0 Å². The Hall–Kier alpha value is -2.80. The summed E-state index contributed by atoms with van der Waals surface area (Å²) in [4.78, 5) is 25.7. The van der Waals surface area contributed by atoms with Crippen LogP contribution in [-0.4, -0.2) is 142 Å². The largest absolute Gasteiger partial charge is 0.462 e. The van der Waals surface area contributed by atoms with Gasteiger partial charge in [0.25, 0.3) is 0 Å². The molecule has 0 aromatic rings. The van der Waals surface area contributed by atoms with Crippen molar-refractivity contribution < 1.29 is 73.8 Å². The summed E-state index contributed by atoms with van der Waals surface area (Å²) < 4.78 is 33.5. The van der Waals surface area contributed by atoms with Crippen LogP contribution in [0.3, 0.4) is 0 Å². The van der Waals surface area contributed by atoms with Crippen molar-refractivity contribution >= 4 is 11.9 Å². The minimum absolute atomic E-state index is 0.142. The molecule has 66 heavy (non-hydrogen) atoms. The standard InChI is InChI=1S/C51H86O15/c1-3-5-7-9-11-13-15-17-19-21-23-25-27-29-31-33-42(53)61-36-39(64-43(54)34-32-30-28-26-24-22-20-18-16-14-12-10-8-6-4-2)37-62-50-49(60)47(58)45(56)41(66-50)38-63-51-48(59)46(57)44(55)40(35-52)65-51/h5,7,11-14,17-20,39-41,44-52,55-60H,3-4,6,8-10,15-16,21-38H2,1-2H3/b7-5-,13-11-,14-12-,19-17+,20-18-/t39-,40-,41-,44+,45+,46+,47+,48-,49-,50-,51-/m1/s1. The zero-order valence-electron chi connectivity index (χ0n) is 39.9. The van der Waals surface area contributed by atoms with Gasteiger partial charge in [-0.2, -0.15) is 0 Å². The molecule has 0 bridgehead atoms. The van der Waals surface area contributed by atoms with Crippen LogP contribution in [-0.2, 0) is 38.0 Å². The highest BCUT2D eigenvalue weighted by molar-refractivity contribution is 5.70. The molecule has 0 radical (unpaired) electrons.